The minimum Gasteiger partial charge on any atom is -0.309 e. The van der Waals surface area contributed by atoms with Gasteiger partial charge in [0.25, 0.3) is 0 Å². The van der Waals surface area contributed by atoms with Gasteiger partial charge in [0, 0.05) is 7.05 Å². The molecule has 1 fully saturated rings. The van der Waals surface area contributed by atoms with E-state index in [1.54, 1.807) is 6.20 Å². The van der Waals surface area contributed by atoms with Gasteiger partial charge in [-0.05, 0) is 18.9 Å². The monoisotopic (exact) mass is 227 g/mol. The Morgan fingerprint density at radius 1 is 1.67 bits per heavy atom. The fourth-order valence-corrected chi connectivity index (χ4v) is 2.33. The third-order valence-corrected chi connectivity index (χ3v) is 3.28. The number of nitrogens with zero attached hydrogens (tertiary/aromatic N) is 2. The van der Waals surface area contributed by atoms with Gasteiger partial charge >= 0.3 is 0 Å². The summed E-state index contributed by atoms with van der Waals surface area (Å²) in [6.45, 7) is 3.10. The average molecular weight is 228 g/mol. The zero-order valence-electron chi connectivity index (χ0n) is 9.33. The second kappa shape index (κ2) is 4.54. The van der Waals surface area contributed by atoms with Crippen LogP contribution in [0.5, 0.6) is 0 Å². The molecule has 1 N–H and O–H groups in total. The molecule has 1 aliphatic carbocycles. The van der Waals surface area contributed by atoms with Crippen molar-refractivity contribution in [3.63, 3.8) is 0 Å². The smallest absolute Gasteiger partial charge is 0.0834 e. The first kappa shape index (κ1) is 11.0. The van der Waals surface area contributed by atoms with Crippen LogP contribution in [0.3, 0.4) is 0 Å². The Labute approximate surface area is 95.8 Å². The van der Waals surface area contributed by atoms with Crippen LogP contribution in [0.1, 0.15) is 37.9 Å². The van der Waals surface area contributed by atoms with Crippen LogP contribution >= 0.6 is 11.6 Å². The summed E-state index contributed by atoms with van der Waals surface area (Å²) in [5.74, 6) is 0.889. The van der Waals surface area contributed by atoms with Crippen LogP contribution in [0, 0.1) is 5.92 Å². The zero-order chi connectivity index (χ0) is 10.8. The lowest BCUT2D eigenvalue weighted by Crippen LogP contribution is -2.24. The molecule has 4 heteroatoms. The molecule has 0 aliphatic heterocycles. The van der Waals surface area contributed by atoms with Gasteiger partial charge in [-0.15, -0.1) is 0 Å². The number of nitrogens with one attached hydrogen (secondary N) is 1. The van der Waals surface area contributed by atoms with Crippen LogP contribution < -0.4 is 5.32 Å². The van der Waals surface area contributed by atoms with Gasteiger partial charge in [-0.1, -0.05) is 31.4 Å². The summed E-state index contributed by atoms with van der Waals surface area (Å²) < 4.78 is 1.89. The minimum absolute atomic E-state index is 0.363. The maximum Gasteiger partial charge on any atom is 0.0834 e. The fraction of sp³-hybridized carbons (Fsp3) is 0.727. The summed E-state index contributed by atoms with van der Waals surface area (Å²) >= 11 is 6.16. The normalized spacial score (nSPS) is 18.1. The van der Waals surface area contributed by atoms with Crippen molar-refractivity contribution >= 4 is 11.6 Å². The molecule has 84 valence electrons. The van der Waals surface area contributed by atoms with Gasteiger partial charge in [0.1, 0.15) is 0 Å². The number of aryl methyl sites for hydroxylation is 1. The third kappa shape index (κ3) is 2.52. The van der Waals surface area contributed by atoms with Gasteiger partial charge in [-0.25, -0.2) is 0 Å². The highest BCUT2D eigenvalue weighted by atomic mass is 35.5. The van der Waals surface area contributed by atoms with Gasteiger partial charge in [-0.2, -0.15) is 5.10 Å². The van der Waals surface area contributed by atoms with Crippen LogP contribution in [-0.4, -0.2) is 16.3 Å². The summed E-state index contributed by atoms with van der Waals surface area (Å²) in [4.78, 5) is 0. The zero-order valence-corrected chi connectivity index (χ0v) is 10.1. The van der Waals surface area contributed by atoms with E-state index in [9.17, 15) is 0 Å². The van der Waals surface area contributed by atoms with Crippen LogP contribution in [0.25, 0.3) is 0 Å². The van der Waals surface area contributed by atoms with E-state index in [2.05, 4.69) is 17.3 Å². The maximum absolute atomic E-state index is 6.16. The van der Waals surface area contributed by atoms with Gasteiger partial charge in [0.05, 0.1) is 23.0 Å². The highest BCUT2D eigenvalue weighted by molar-refractivity contribution is 6.31. The molecule has 0 radical (unpaired) electrons. The summed E-state index contributed by atoms with van der Waals surface area (Å²) in [5, 5.41) is 8.47. The van der Waals surface area contributed by atoms with Gasteiger partial charge in [-0.3, -0.25) is 4.68 Å². The standard InChI is InChI=1S/C11H18ClN3/c1-3-13-10(6-8-4-5-8)11-9(12)7-14-15(11)2/h7-8,10,13H,3-6H2,1-2H3. The lowest BCUT2D eigenvalue weighted by Gasteiger charge is -2.18. The van der Waals surface area contributed by atoms with Crippen molar-refractivity contribution in [1.82, 2.24) is 15.1 Å². The number of aromatic nitrogens is 2. The van der Waals surface area contributed by atoms with Crippen LogP contribution in [0.2, 0.25) is 5.02 Å². The van der Waals surface area contributed by atoms with Crippen molar-refractivity contribution < 1.29 is 0 Å². The average Bonchev–Trinajstić information content (AvgIpc) is 2.94. The van der Waals surface area contributed by atoms with Crippen LogP contribution in [-0.2, 0) is 7.05 Å². The van der Waals surface area contributed by atoms with Crippen LogP contribution in [0.4, 0.5) is 0 Å². The number of rotatable bonds is 5. The Morgan fingerprint density at radius 2 is 2.40 bits per heavy atom. The Hall–Kier alpha value is -0.540. The van der Waals surface area contributed by atoms with E-state index in [-0.39, 0.29) is 0 Å². The van der Waals surface area contributed by atoms with Crippen molar-refractivity contribution in [2.45, 2.75) is 32.2 Å². The molecule has 1 unspecified atom stereocenters. The Kier molecular flexibility index (Phi) is 3.32. The van der Waals surface area contributed by atoms with Crippen LogP contribution in [0.15, 0.2) is 6.20 Å². The second-order valence-corrected chi connectivity index (χ2v) is 4.70. The molecule has 1 aromatic rings. The van der Waals surface area contributed by atoms with E-state index in [1.165, 1.54) is 19.3 Å². The second-order valence-electron chi connectivity index (χ2n) is 4.29. The Bertz CT molecular complexity index is 311. The molecular formula is C11H18ClN3. The summed E-state index contributed by atoms with van der Waals surface area (Å²) in [7, 11) is 1.96. The number of hydrogen-bond donors (Lipinski definition) is 1. The lowest BCUT2D eigenvalue weighted by atomic mass is 10.1. The van der Waals surface area contributed by atoms with Gasteiger partial charge < -0.3 is 5.32 Å². The largest absolute Gasteiger partial charge is 0.309 e. The Morgan fingerprint density at radius 3 is 2.87 bits per heavy atom. The number of halogens is 1. The van der Waals surface area contributed by atoms with Crippen molar-refractivity contribution in [2.75, 3.05) is 6.54 Å². The molecule has 1 atom stereocenters. The lowest BCUT2D eigenvalue weighted by molar-refractivity contribution is 0.457. The fourth-order valence-electron chi connectivity index (χ4n) is 2.04. The van der Waals surface area contributed by atoms with Crippen molar-refractivity contribution in [3.05, 3.63) is 16.9 Å². The molecule has 15 heavy (non-hydrogen) atoms. The summed E-state index contributed by atoms with van der Waals surface area (Å²) in [6.07, 6.45) is 5.66. The third-order valence-electron chi connectivity index (χ3n) is 2.98. The van der Waals surface area contributed by atoms with Gasteiger partial charge in [0.2, 0.25) is 0 Å². The maximum atomic E-state index is 6.16. The SMILES string of the molecule is CCNC(CC1CC1)c1c(Cl)cnn1C. The van der Waals surface area contributed by atoms with Gasteiger partial charge in [0.15, 0.2) is 0 Å². The quantitative estimate of drug-likeness (QED) is 0.838. The molecule has 2 rings (SSSR count). The van der Waals surface area contributed by atoms with Crippen molar-refractivity contribution in [1.29, 1.82) is 0 Å². The van der Waals surface area contributed by atoms with Crippen molar-refractivity contribution in [3.8, 4) is 0 Å². The van der Waals surface area contributed by atoms with E-state index in [0.717, 1.165) is 23.2 Å². The Balaban J connectivity index is 2.14. The molecule has 1 aromatic heterocycles. The molecule has 0 spiro atoms. The first-order chi connectivity index (χ1) is 7.22. The first-order valence-electron chi connectivity index (χ1n) is 5.63. The van der Waals surface area contributed by atoms with E-state index in [1.807, 2.05) is 11.7 Å². The molecule has 0 aromatic carbocycles. The highest BCUT2D eigenvalue weighted by Crippen LogP contribution is 2.38. The first-order valence-corrected chi connectivity index (χ1v) is 6.01. The predicted octanol–water partition coefficient (Wildman–Crippen LogP) is 2.52. The molecular weight excluding hydrogens is 210 g/mol. The topological polar surface area (TPSA) is 29.9 Å². The molecule has 0 amide bonds. The molecule has 0 saturated heterocycles. The molecule has 1 heterocycles. The summed E-state index contributed by atoms with van der Waals surface area (Å²) in [5.41, 5.74) is 1.13. The van der Waals surface area contributed by atoms with E-state index in [4.69, 9.17) is 11.6 Å². The van der Waals surface area contributed by atoms with E-state index < -0.39 is 0 Å². The molecule has 1 aliphatic rings. The molecule has 1 saturated carbocycles. The molecule has 0 bridgehead atoms. The highest BCUT2D eigenvalue weighted by Gasteiger charge is 2.28. The van der Waals surface area contributed by atoms with E-state index >= 15 is 0 Å². The minimum atomic E-state index is 0.363. The van der Waals surface area contributed by atoms with Crippen molar-refractivity contribution in [2.24, 2.45) is 13.0 Å². The van der Waals surface area contributed by atoms with E-state index in [0.29, 0.717) is 6.04 Å². The predicted molar refractivity (Wildman–Crippen MR) is 62.0 cm³/mol. The summed E-state index contributed by atoms with van der Waals surface area (Å²) in [6, 6.07) is 0.363. The number of hydrogen-bond acceptors (Lipinski definition) is 2. The molecule has 3 nitrogen and oxygen atoms in total.